The highest BCUT2D eigenvalue weighted by Gasteiger charge is 2.34. The van der Waals surface area contributed by atoms with Crippen LogP contribution < -0.4 is 10.6 Å². The van der Waals surface area contributed by atoms with E-state index in [-0.39, 0.29) is 5.69 Å². The number of aryl methyl sites for hydroxylation is 1. The van der Waals surface area contributed by atoms with Gasteiger partial charge in [0.2, 0.25) is 5.91 Å². The molecule has 0 aliphatic rings. The second kappa shape index (κ2) is 6.37. The number of nitrogens with zero attached hydrogens (tertiary/aromatic N) is 2. The Hall–Kier alpha value is -2.42. The molecule has 1 unspecified atom stereocenters. The van der Waals surface area contributed by atoms with Crippen LogP contribution in [0.1, 0.15) is 17.2 Å². The zero-order chi connectivity index (χ0) is 17.2. The number of carbonyl (C=O) groups excluding carboxylic acids is 1. The molecule has 2 N–H and O–H groups in total. The summed E-state index contributed by atoms with van der Waals surface area (Å²) in [7, 11) is 3.20. The number of halogens is 4. The number of rotatable bonds is 4. The van der Waals surface area contributed by atoms with E-state index in [1.54, 1.807) is 13.2 Å². The molecule has 0 fully saturated rings. The molecule has 0 bridgehead atoms. The van der Waals surface area contributed by atoms with Crippen LogP contribution in [0.3, 0.4) is 0 Å². The average Bonchev–Trinajstić information content (AvgIpc) is 2.87. The predicted molar refractivity (Wildman–Crippen MR) is 75.0 cm³/mol. The Morgan fingerprint density at radius 3 is 2.57 bits per heavy atom. The molecule has 124 valence electrons. The van der Waals surface area contributed by atoms with Crippen molar-refractivity contribution < 1.29 is 22.4 Å². The Kier molecular flexibility index (Phi) is 4.69. The highest BCUT2D eigenvalue weighted by Crippen LogP contribution is 2.33. The number of hydrogen-bond donors (Lipinski definition) is 2. The topological polar surface area (TPSA) is 59.0 Å². The molecule has 1 atom stereocenters. The molecule has 0 aliphatic carbocycles. The molecule has 1 aromatic heterocycles. The van der Waals surface area contributed by atoms with Gasteiger partial charge in [-0.05, 0) is 25.2 Å². The van der Waals surface area contributed by atoms with Crippen LogP contribution in [0.2, 0.25) is 0 Å². The minimum atomic E-state index is -4.84. The molecule has 23 heavy (non-hydrogen) atoms. The summed E-state index contributed by atoms with van der Waals surface area (Å²) in [6.07, 6.45) is -1.77. The van der Waals surface area contributed by atoms with Crippen molar-refractivity contribution in [3.8, 4) is 0 Å². The van der Waals surface area contributed by atoms with Gasteiger partial charge in [-0.1, -0.05) is 0 Å². The van der Waals surface area contributed by atoms with Crippen LogP contribution in [0.15, 0.2) is 30.6 Å². The number of carbonyl (C=O) groups is 1. The lowest BCUT2D eigenvalue weighted by atomic mass is 10.1. The molecule has 0 saturated heterocycles. The molecule has 1 aromatic carbocycles. The van der Waals surface area contributed by atoms with Crippen LogP contribution >= 0.6 is 0 Å². The molecular weight excluding hydrogens is 316 g/mol. The van der Waals surface area contributed by atoms with Gasteiger partial charge < -0.3 is 10.6 Å². The first-order valence-corrected chi connectivity index (χ1v) is 6.56. The van der Waals surface area contributed by atoms with E-state index in [1.165, 1.54) is 17.9 Å². The zero-order valence-electron chi connectivity index (χ0n) is 12.3. The van der Waals surface area contributed by atoms with Gasteiger partial charge >= 0.3 is 6.18 Å². The minimum Gasteiger partial charge on any atom is -0.324 e. The van der Waals surface area contributed by atoms with Crippen molar-refractivity contribution in [1.29, 1.82) is 0 Å². The molecule has 2 aromatic rings. The van der Waals surface area contributed by atoms with Gasteiger partial charge in [-0.2, -0.15) is 18.3 Å². The summed E-state index contributed by atoms with van der Waals surface area (Å²) < 4.78 is 52.8. The first kappa shape index (κ1) is 16.9. The summed E-state index contributed by atoms with van der Waals surface area (Å²) in [5.41, 5.74) is -1.03. The highest BCUT2D eigenvalue weighted by molar-refractivity contribution is 5.95. The van der Waals surface area contributed by atoms with E-state index in [2.05, 4.69) is 15.7 Å². The van der Waals surface area contributed by atoms with Crippen LogP contribution in [0.4, 0.5) is 23.2 Å². The van der Waals surface area contributed by atoms with Crippen molar-refractivity contribution >= 4 is 11.6 Å². The van der Waals surface area contributed by atoms with Gasteiger partial charge in [0, 0.05) is 24.5 Å². The number of benzene rings is 1. The van der Waals surface area contributed by atoms with Crippen molar-refractivity contribution in [3.63, 3.8) is 0 Å². The number of hydrogen-bond acceptors (Lipinski definition) is 3. The zero-order valence-corrected chi connectivity index (χ0v) is 12.3. The van der Waals surface area contributed by atoms with Gasteiger partial charge in [0.1, 0.15) is 11.9 Å². The smallest absolute Gasteiger partial charge is 0.324 e. The van der Waals surface area contributed by atoms with Crippen molar-refractivity contribution in [1.82, 2.24) is 15.1 Å². The predicted octanol–water partition coefficient (Wildman–Crippen LogP) is 2.48. The second-order valence-corrected chi connectivity index (χ2v) is 4.85. The van der Waals surface area contributed by atoms with Gasteiger partial charge in [-0.15, -0.1) is 0 Å². The Balaban J connectivity index is 2.22. The number of amides is 1. The third-order valence-electron chi connectivity index (χ3n) is 3.15. The summed E-state index contributed by atoms with van der Waals surface area (Å²) in [5, 5.41) is 9.01. The van der Waals surface area contributed by atoms with Gasteiger partial charge in [0.25, 0.3) is 0 Å². The third-order valence-corrected chi connectivity index (χ3v) is 3.15. The van der Waals surface area contributed by atoms with Crippen molar-refractivity contribution in [2.45, 2.75) is 12.2 Å². The van der Waals surface area contributed by atoms with Gasteiger partial charge in [0.05, 0.1) is 11.8 Å². The minimum absolute atomic E-state index is 0.145. The second-order valence-electron chi connectivity index (χ2n) is 4.85. The fourth-order valence-electron chi connectivity index (χ4n) is 2.07. The maximum atomic E-state index is 13.2. The number of aromatic nitrogens is 2. The summed E-state index contributed by atoms with van der Waals surface area (Å²) in [6.45, 7) is 0. The average molecular weight is 330 g/mol. The van der Waals surface area contributed by atoms with Crippen molar-refractivity contribution in [2.24, 2.45) is 7.05 Å². The molecule has 2 rings (SSSR count). The molecule has 0 saturated carbocycles. The SMILES string of the molecule is CNC(C(=O)Nc1ccc(F)c(C(F)(F)F)c1)c1cnn(C)c1. The fourth-order valence-corrected chi connectivity index (χ4v) is 2.07. The number of nitrogens with one attached hydrogen (secondary N) is 2. The molecule has 5 nitrogen and oxygen atoms in total. The molecule has 9 heteroatoms. The van der Waals surface area contributed by atoms with Crippen molar-refractivity contribution in [3.05, 3.63) is 47.5 Å². The van der Waals surface area contributed by atoms with E-state index >= 15 is 0 Å². The van der Waals surface area contributed by atoms with E-state index in [1.807, 2.05) is 0 Å². The van der Waals surface area contributed by atoms with Crippen LogP contribution in [0.5, 0.6) is 0 Å². The number of alkyl halides is 3. The van der Waals surface area contributed by atoms with Crippen molar-refractivity contribution in [2.75, 3.05) is 12.4 Å². The summed E-state index contributed by atoms with van der Waals surface area (Å²) >= 11 is 0. The van der Waals surface area contributed by atoms with Gasteiger partial charge in [-0.3, -0.25) is 9.48 Å². The highest BCUT2D eigenvalue weighted by atomic mass is 19.4. The Labute approximate surface area is 129 Å². The standard InChI is InChI=1S/C14H14F4N4O/c1-19-12(8-6-20-22(2)7-8)13(23)21-9-3-4-11(15)10(5-9)14(16,17)18/h3-7,12,19H,1-2H3,(H,21,23). The largest absolute Gasteiger partial charge is 0.419 e. The molecule has 1 amide bonds. The maximum Gasteiger partial charge on any atom is 0.419 e. The normalized spacial score (nSPS) is 13.0. The number of likely N-dealkylation sites (N-methyl/N-ethyl adjacent to an activating group) is 1. The van der Waals surface area contributed by atoms with Gasteiger partial charge in [0.15, 0.2) is 0 Å². The molecule has 0 radical (unpaired) electrons. The van der Waals surface area contributed by atoms with E-state index < -0.39 is 29.5 Å². The molecule has 0 aliphatic heterocycles. The fraction of sp³-hybridized carbons (Fsp3) is 0.286. The number of anilines is 1. The van der Waals surface area contributed by atoms with E-state index in [9.17, 15) is 22.4 Å². The third kappa shape index (κ3) is 3.86. The monoisotopic (exact) mass is 330 g/mol. The Morgan fingerprint density at radius 2 is 2.04 bits per heavy atom. The van der Waals surface area contributed by atoms with Crippen LogP contribution in [-0.2, 0) is 18.0 Å². The van der Waals surface area contributed by atoms with E-state index in [0.29, 0.717) is 17.7 Å². The lowest BCUT2D eigenvalue weighted by Crippen LogP contribution is -2.30. The molecular formula is C14H14F4N4O. The summed E-state index contributed by atoms with van der Waals surface area (Å²) in [5.74, 6) is -1.98. The molecule has 1 heterocycles. The van der Waals surface area contributed by atoms with Gasteiger partial charge in [-0.25, -0.2) is 4.39 Å². The first-order chi connectivity index (χ1) is 10.7. The lowest BCUT2D eigenvalue weighted by Gasteiger charge is -2.16. The molecule has 0 spiro atoms. The first-order valence-electron chi connectivity index (χ1n) is 6.56. The lowest BCUT2D eigenvalue weighted by molar-refractivity contribution is -0.140. The van der Waals surface area contributed by atoms with Crippen LogP contribution in [0.25, 0.3) is 0 Å². The summed E-state index contributed by atoms with van der Waals surface area (Å²) in [6, 6.07) is 1.49. The van der Waals surface area contributed by atoms with Crippen LogP contribution in [-0.4, -0.2) is 22.7 Å². The quantitative estimate of drug-likeness (QED) is 0.847. The van der Waals surface area contributed by atoms with E-state index in [0.717, 1.165) is 6.07 Å². The Bertz CT molecular complexity index is 711. The van der Waals surface area contributed by atoms with Crippen LogP contribution in [0, 0.1) is 5.82 Å². The summed E-state index contributed by atoms with van der Waals surface area (Å²) in [4.78, 5) is 12.2. The maximum absolute atomic E-state index is 13.2. The van der Waals surface area contributed by atoms with E-state index in [4.69, 9.17) is 0 Å². The Morgan fingerprint density at radius 1 is 1.35 bits per heavy atom.